The fourth-order valence-electron chi connectivity index (χ4n) is 3.32. The molecule has 1 saturated heterocycles. The van der Waals surface area contributed by atoms with Crippen LogP contribution in [0.4, 0.5) is 0 Å². The molecular formula is C18H25BCl2GeO3. The minimum atomic E-state index is -2.90. The Kier molecular flexibility index (Phi) is 5.20. The second-order valence-corrected chi connectivity index (χ2v) is 20.9. The van der Waals surface area contributed by atoms with Gasteiger partial charge in [0.15, 0.2) is 0 Å². The molecule has 0 radical (unpaired) electrons. The van der Waals surface area contributed by atoms with Gasteiger partial charge >= 0.3 is 162 Å². The molecule has 0 bridgehead atoms. The summed E-state index contributed by atoms with van der Waals surface area (Å²) < 4.78 is 18.5. The van der Waals surface area contributed by atoms with Crippen molar-refractivity contribution >= 4 is 38.7 Å². The van der Waals surface area contributed by atoms with E-state index in [2.05, 4.69) is 25.1 Å². The van der Waals surface area contributed by atoms with Crippen LogP contribution in [0.1, 0.15) is 46.3 Å². The topological polar surface area (TPSA) is 27.7 Å². The van der Waals surface area contributed by atoms with Crippen molar-refractivity contribution in [3.05, 3.63) is 46.9 Å². The van der Waals surface area contributed by atoms with Gasteiger partial charge in [0.2, 0.25) is 0 Å². The predicted molar refractivity (Wildman–Crippen MR) is 106 cm³/mol. The molecule has 1 fully saturated rings. The van der Waals surface area contributed by atoms with Gasteiger partial charge in [-0.25, -0.2) is 0 Å². The normalized spacial score (nSPS) is 30.6. The van der Waals surface area contributed by atoms with Gasteiger partial charge in [-0.15, -0.1) is 0 Å². The summed E-state index contributed by atoms with van der Waals surface area (Å²) in [6.45, 7) is 10.2. The Labute approximate surface area is 161 Å². The maximum atomic E-state index is 6.54. The van der Waals surface area contributed by atoms with E-state index in [0.29, 0.717) is 0 Å². The van der Waals surface area contributed by atoms with Gasteiger partial charge in [0.1, 0.15) is 0 Å². The maximum absolute atomic E-state index is 6.54. The van der Waals surface area contributed by atoms with Crippen LogP contribution in [0.3, 0.4) is 0 Å². The molecule has 2 aliphatic rings. The van der Waals surface area contributed by atoms with Crippen molar-refractivity contribution in [1.29, 1.82) is 0 Å². The van der Waals surface area contributed by atoms with Crippen LogP contribution in [0.25, 0.3) is 0 Å². The Bertz CT molecular complexity index is 650. The Morgan fingerprint density at radius 3 is 2.08 bits per heavy atom. The summed E-state index contributed by atoms with van der Waals surface area (Å²) in [4.78, 5) is 2.02. The third-order valence-electron chi connectivity index (χ3n) is 5.50. The zero-order valence-corrected chi connectivity index (χ0v) is 19.0. The van der Waals surface area contributed by atoms with Gasteiger partial charge in [-0.05, 0) is 0 Å². The first kappa shape index (κ1) is 19.8. The van der Waals surface area contributed by atoms with E-state index in [0.717, 1.165) is 10.8 Å². The van der Waals surface area contributed by atoms with E-state index >= 15 is 0 Å². The van der Waals surface area contributed by atoms with Crippen molar-refractivity contribution in [3.8, 4) is 0 Å². The van der Waals surface area contributed by atoms with Crippen molar-refractivity contribution in [1.82, 2.24) is 0 Å². The Morgan fingerprint density at radius 2 is 1.60 bits per heavy atom. The van der Waals surface area contributed by atoms with E-state index in [-0.39, 0.29) is 11.5 Å². The standard InChI is InChI=1S/C18H25BCl2GeO3/c1-16(2)17(3,4)25-19(24-16)23-15(14-9-7-6-8-10-14)18(5)11-12-22(20,21)13-18/h6-12,15H,13H2,1-5H3/t15-,18+/m1/s1. The quantitative estimate of drug-likeness (QED) is 0.586. The number of hydrogen-bond donors (Lipinski definition) is 0. The number of rotatable bonds is 4. The summed E-state index contributed by atoms with van der Waals surface area (Å²) in [6.07, 6.45) is 1.88. The van der Waals surface area contributed by atoms with E-state index in [9.17, 15) is 0 Å². The summed E-state index contributed by atoms with van der Waals surface area (Å²) in [7, 11) is 12.3. The van der Waals surface area contributed by atoms with Crippen LogP contribution in [0.5, 0.6) is 0 Å². The van der Waals surface area contributed by atoms with Crippen molar-refractivity contribution in [3.63, 3.8) is 0 Å². The molecule has 1 aromatic rings. The second-order valence-electron chi connectivity index (χ2n) is 8.25. The average Bonchev–Trinajstić information content (AvgIpc) is 2.89. The summed E-state index contributed by atoms with van der Waals surface area (Å²) in [5, 5.41) is 0.745. The van der Waals surface area contributed by atoms with Crippen LogP contribution in [0.15, 0.2) is 41.3 Å². The Balaban J connectivity index is 1.88. The average molecular weight is 444 g/mol. The predicted octanol–water partition coefficient (Wildman–Crippen LogP) is 5.37. The minimum absolute atomic E-state index is 0.246. The van der Waals surface area contributed by atoms with Crippen LogP contribution < -0.4 is 0 Å². The fourth-order valence-corrected chi connectivity index (χ4v) is 11.3. The van der Waals surface area contributed by atoms with Gasteiger partial charge in [-0.2, -0.15) is 0 Å². The van der Waals surface area contributed by atoms with Gasteiger partial charge in [-0.1, -0.05) is 0 Å². The Hall–Kier alpha value is 0.0278. The second kappa shape index (κ2) is 6.57. The third-order valence-corrected chi connectivity index (χ3v) is 12.2. The fraction of sp³-hybridized carbons (Fsp3) is 0.556. The molecule has 0 aromatic heterocycles. The van der Waals surface area contributed by atoms with Crippen molar-refractivity contribution in [2.24, 2.45) is 5.41 Å². The Morgan fingerprint density at radius 1 is 1.04 bits per heavy atom. The SMILES string of the molecule is CC1(C)OB(O[C@H](c2ccccc2)[C@@]2(C)C=[CH][Ge]([Cl])([Cl])[CH2]2)OC1(C)C. The molecule has 3 nitrogen and oxygen atoms in total. The van der Waals surface area contributed by atoms with Crippen molar-refractivity contribution < 1.29 is 14.0 Å². The van der Waals surface area contributed by atoms with E-state index < -0.39 is 29.9 Å². The summed E-state index contributed by atoms with van der Waals surface area (Å²) in [5.41, 5.74) is -0.0931. The van der Waals surface area contributed by atoms with Crippen molar-refractivity contribution in [2.75, 3.05) is 0 Å². The van der Waals surface area contributed by atoms with E-state index in [1.54, 1.807) is 0 Å². The van der Waals surface area contributed by atoms with Crippen LogP contribution in [0.2, 0.25) is 5.25 Å². The molecule has 7 heteroatoms. The van der Waals surface area contributed by atoms with Gasteiger partial charge in [0.05, 0.1) is 0 Å². The molecule has 0 aliphatic carbocycles. The zero-order chi connectivity index (χ0) is 18.5. The first-order chi connectivity index (χ1) is 11.4. The van der Waals surface area contributed by atoms with Crippen LogP contribution in [-0.4, -0.2) is 29.9 Å². The monoisotopic (exact) mass is 444 g/mol. The molecule has 1 aromatic carbocycles. The molecule has 2 heterocycles. The first-order valence-corrected chi connectivity index (χ1v) is 16.8. The zero-order valence-electron chi connectivity index (χ0n) is 15.4. The van der Waals surface area contributed by atoms with Crippen LogP contribution in [0, 0.1) is 5.41 Å². The molecule has 0 unspecified atom stereocenters. The number of hydrogen-bond acceptors (Lipinski definition) is 3. The van der Waals surface area contributed by atoms with Crippen molar-refractivity contribution in [2.45, 2.75) is 57.2 Å². The van der Waals surface area contributed by atoms with E-state index in [1.807, 2.05) is 50.8 Å². The van der Waals surface area contributed by atoms with Gasteiger partial charge in [-0.3, -0.25) is 0 Å². The molecule has 0 saturated carbocycles. The molecule has 2 aliphatic heterocycles. The van der Waals surface area contributed by atoms with E-state index in [1.165, 1.54) is 0 Å². The molecule has 0 spiro atoms. The first-order valence-electron chi connectivity index (χ1n) is 8.58. The van der Waals surface area contributed by atoms with Gasteiger partial charge in [0, 0.05) is 0 Å². The van der Waals surface area contributed by atoms with Gasteiger partial charge in [0.25, 0.3) is 0 Å². The molecular weight excluding hydrogens is 419 g/mol. The molecule has 136 valence electrons. The van der Waals surface area contributed by atoms with E-state index in [4.69, 9.17) is 34.0 Å². The van der Waals surface area contributed by atoms with Crippen LogP contribution in [-0.2, 0) is 14.0 Å². The molecule has 0 amide bonds. The number of halogens is 2. The molecule has 0 N–H and O–H groups in total. The third kappa shape index (κ3) is 3.99. The van der Waals surface area contributed by atoms with Gasteiger partial charge < -0.3 is 0 Å². The number of benzene rings is 1. The summed E-state index contributed by atoms with van der Waals surface area (Å²) >= 11 is -2.90. The molecule has 3 rings (SSSR count). The molecule has 2 atom stereocenters. The molecule has 25 heavy (non-hydrogen) atoms. The summed E-state index contributed by atoms with van der Waals surface area (Å²) in [6, 6.07) is 10.1. The van der Waals surface area contributed by atoms with Crippen LogP contribution >= 0.6 is 20.0 Å². The summed E-state index contributed by atoms with van der Waals surface area (Å²) in [5.74, 6) is 0.